The fourth-order valence-corrected chi connectivity index (χ4v) is 3.27. The number of rotatable bonds is 7. The third-order valence-corrected chi connectivity index (χ3v) is 4.46. The maximum absolute atomic E-state index is 13.0. The number of anilines is 2. The van der Waals surface area contributed by atoms with Gasteiger partial charge in [-0.05, 0) is 71.7 Å². The van der Waals surface area contributed by atoms with E-state index < -0.39 is 28.1 Å². The van der Waals surface area contributed by atoms with Crippen LogP contribution < -0.4 is 4.90 Å². The molecule has 34 heavy (non-hydrogen) atoms. The molecule has 0 aliphatic rings. The number of ether oxygens (including phenoxy) is 2. The topological polar surface area (TPSA) is 99.0 Å². The van der Waals surface area contributed by atoms with Crippen molar-refractivity contribution in [1.82, 2.24) is 0 Å². The SMILES string of the molecule is CC(C)CN(c1ccccc1C(=O)OC(C)(C)C)c1ccc(C(=O)OC(C)(C)C)cc1[N+](=O)[O-]. The van der Waals surface area contributed by atoms with Gasteiger partial charge in [0.25, 0.3) is 5.69 Å². The normalized spacial score (nSPS) is 11.8. The predicted octanol–water partition coefficient (Wildman–Crippen LogP) is 6.30. The molecule has 184 valence electrons. The molecule has 0 heterocycles. The minimum Gasteiger partial charge on any atom is -0.456 e. The molecule has 0 amide bonds. The van der Waals surface area contributed by atoms with Crippen LogP contribution in [0.15, 0.2) is 42.5 Å². The zero-order valence-corrected chi connectivity index (χ0v) is 21.2. The molecule has 0 radical (unpaired) electrons. The van der Waals surface area contributed by atoms with Crippen LogP contribution in [0.5, 0.6) is 0 Å². The average Bonchev–Trinajstić information content (AvgIpc) is 2.69. The quantitative estimate of drug-likeness (QED) is 0.266. The second-order valence-electron chi connectivity index (χ2n) is 10.5. The fourth-order valence-electron chi connectivity index (χ4n) is 3.27. The number of para-hydroxylation sites is 1. The summed E-state index contributed by atoms with van der Waals surface area (Å²) in [6, 6.07) is 11.1. The van der Waals surface area contributed by atoms with Gasteiger partial charge in [0, 0.05) is 12.6 Å². The van der Waals surface area contributed by atoms with Gasteiger partial charge in [0.1, 0.15) is 16.9 Å². The molecule has 0 bridgehead atoms. The lowest BCUT2D eigenvalue weighted by molar-refractivity contribution is -0.384. The van der Waals surface area contributed by atoms with Gasteiger partial charge in [0.05, 0.1) is 21.7 Å². The summed E-state index contributed by atoms with van der Waals surface area (Å²) in [4.78, 5) is 38.7. The van der Waals surface area contributed by atoms with Crippen molar-refractivity contribution >= 4 is 29.0 Å². The van der Waals surface area contributed by atoms with Gasteiger partial charge >= 0.3 is 11.9 Å². The Labute approximate surface area is 201 Å². The zero-order valence-electron chi connectivity index (χ0n) is 21.2. The number of nitrogens with zero attached hydrogens (tertiary/aromatic N) is 2. The molecular formula is C26H34N2O6. The van der Waals surface area contributed by atoms with Crippen LogP contribution in [0.2, 0.25) is 0 Å². The highest BCUT2D eigenvalue weighted by Gasteiger charge is 2.29. The van der Waals surface area contributed by atoms with E-state index >= 15 is 0 Å². The number of hydrogen-bond donors (Lipinski definition) is 0. The van der Waals surface area contributed by atoms with Gasteiger partial charge < -0.3 is 14.4 Å². The molecule has 0 aliphatic heterocycles. The lowest BCUT2D eigenvalue weighted by Crippen LogP contribution is -2.28. The molecule has 0 unspecified atom stereocenters. The second-order valence-corrected chi connectivity index (χ2v) is 10.5. The second kappa shape index (κ2) is 10.2. The average molecular weight is 471 g/mol. The summed E-state index contributed by atoms with van der Waals surface area (Å²) >= 11 is 0. The fraction of sp³-hybridized carbons (Fsp3) is 0.462. The first-order chi connectivity index (χ1) is 15.6. The third-order valence-electron chi connectivity index (χ3n) is 4.46. The van der Waals surface area contributed by atoms with Crippen molar-refractivity contribution in [3.63, 3.8) is 0 Å². The van der Waals surface area contributed by atoms with E-state index in [1.807, 2.05) is 13.8 Å². The minimum absolute atomic E-state index is 0.0790. The Morgan fingerprint density at radius 2 is 1.47 bits per heavy atom. The Bertz CT molecular complexity index is 1060. The van der Waals surface area contributed by atoms with Crippen molar-refractivity contribution in [2.45, 2.75) is 66.6 Å². The van der Waals surface area contributed by atoms with E-state index in [1.165, 1.54) is 18.2 Å². The van der Waals surface area contributed by atoms with Gasteiger partial charge in [-0.15, -0.1) is 0 Å². The van der Waals surface area contributed by atoms with Crippen molar-refractivity contribution in [3.8, 4) is 0 Å². The maximum atomic E-state index is 13.0. The lowest BCUT2D eigenvalue weighted by Gasteiger charge is -2.29. The van der Waals surface area contributed by atoms with Crippen LogP contribution >= 0.6 is 0 Å². The van der Waals surface area contributed by atoms with Gasteiger partial charge in [-0.25, -0.2) is 9.59 Å². The summed E-state index contributed by atoms with van der Waals surface area (Å²) in [6.07, 6.45) is 0. The van der Waals surface area contributed by atoms with E-state index in [-0.39, 0.29) is 22.9 Å². The first-order valence-electron chi connectivity index (χ1n) is 11.2. The Balaban J connectivity index is 2.64. The van der Waals surface area contributed by atoms with Gasteiger partial charge in [0.15, 0.2) is 0 Å². The Morgan fingerprint density at radius 3 is 2.00 bits per heavy atom. The monoisotopic (exact) mass is 470 g/mol. The molecule has 2 aromatic carbocycles. The molecule has 0 saturated heterocycles. The van der Waals surface area contributed by atoms with Gasteiger partial charge in [-0.3, -0.25) is 10.1 Å². The molecule has 8 heteroatoms. The molecule has 2 aromatic rings. The molecule has 0 fully saturated rings. The van der Waals surface area contributed by atoms with Crippen molar-refractivity contribution in [3.05, 3.63) is 63.7 Å². The standard InChI is InChI=1S/C26H34N2O6/c1-17(2)16-27(20-12-10-9-11-19(20)24(30)34-26(6,7)8)21-14-13-18(15-22(21)28(31)32)23(29)33-25(3,4)5/h9-15,17H,16H2,1-8H3. The van der Waals surface area contributed by atoms with Crippen molar-refractivity contribution in [2.24, 2.45) is 5.92 Å². The minimum atomic E-state index is -0.736. The summed E-state index contributed by atoms with van der Waals surface area (Å²) < 4.78 is 10.9. The Hall–Kier alpha value is -3.42. The van der Waals surface area contributed by atoms with Crippen LogP contribution in [0, 0.1) is 16.0 Å². The van der Waals surface area contributed by atoms with E-state index in [9.17, 15) is 19.7 Å². The highest BCUT2D eigenvalue weighted by Crippen LogP contribution is 2.37. The lowest BCUT2D eigenvalue weighted by atomic mass is 10.1. The van der Waals surface area contributed by atoms with E-state index in [1.54, 1.807) is 70.7 Å². The number of nitro groups is 1. The van der Waals surface area contributed by atoms with Crippen molar-refractivity contribution < 1.29 is 24.0 Å². The molecule has 2 rings (SSSR count). The molecule has 8 nitrogen and oxygen atoms in total. The van der Waals surface area contributed by atoms with E-state index in [4.69, 9.17) is 9.47 Å². The summed E-state index contributed by atoms with van der Waals surface area (Å²) in [7, 11) is 0. The van der Waals surface area contributed by atoms with Crippen LogP contribution in [0.4, 0.5) is 17.1 Å². The predicted molar refractivity (Wildman–Crippen MR) is 132 cm³/mol. The highest BCUT2D eigenvalue weighted by atomic mass is 16.6. The van der Waals surface area contributed by atoms with Gasteiger partial charge in [-0.2, -0.15) is 0 Å². The van der Waals surface area contributed by atoms with E-state index in [2.05, 4.69) is 0 Å². The van der Waals surface area contributed by atoms with Gasteiger partial charge in [-0.1, -0.05) is 26.0 Å². The first-order valence-corrected chi connectivity index (χ1v) is 11.2. The largest absolute Gasteiger partial charge is 0.456 e. The molecule has 0 saturated carbocycles. The molecule has 0 aromatic heterocycles. The van der Waals surface area contributed by atoms with Crippen molar-refractivity contribution in [2.75, 3.05) is 11.4 Å². The number of esters is 2. The number of carbonyl (C=O) groups excluding carboxylic acids is 2. The van der Waals surface area contributed by atoms with Crippen molar-refractivity contribution in [1.29, 1.82) is 0 Å². The third kappa shape index (κ3) is 7.30. The highest BCUT2D eigenvalue weighted by molar-refractivity contribution is 5.98. The van der Waals surface area contributed by atoms with Crippen LogP contribution in [0.3, 0.4) is 0 Å². The van der Waals surface area contributed by atoms with E-state index in [0.717, 1.165) is 0 Å². The zero-order chi connectivity index (χ0) is 25.8. The summed E-state index contributed by atoms with van der Waals surface area (Å²) in [5.41, 5.74) is -0.572. The number of nitro benzene ring substituents is 1. The molecule has 0 aliphatic carbocycles. The van der Waals surface area contributed by atoms with Crippen LogP contribution in [-0.2, 0) is 9.47 Å². The molecule has 0 spiro atoms. The molecular weight excluding hydrogens is 436 g/mol. The number of hydrogen-bond acceptors (Lipinski definition) is 7. The summed E-state index contributed by atoms with van der Waals surface area (Å²) in [5.74, 6) is -1.06. The van der Waals surface area contributed by atoms with Gasteiger partial charge in [0.2, 0.25) is 0 Å². The first kappa shape index (κ1) is 26.8. The Kier molecular flexibility index (Phi) is 8.08. The molecule has 0 N–H and O–H groups in total. The van der Waals surface area contributed by atoms with E-state index in [0.29, 0.717) is 17.8 Å². The summed E-state index contributed by atoms with van der Waals surface area (Å²) in [6.45, 7) is 14.9. The van der Waals surface area contributed by atoms with Crippen LogP contribution in [0.1, 0.15) is 76.1 Å². The molecule has 0 atom stereocenters. The maximum Gasteiger partial charge on any atom is 0.340 e. The Morgan fingerprint density at radius 1 is 0.912 bits per heavy atom. The number of benzene rings is 2. The van der Waals surface area contributed by atoms with Crippen LogP contribution in [0.25, 0.3) is 0 Å². The summed E-state index contributed by atoms with van der Waals surface area (Å²) in [5, 5.41) is 12.0. The smallest absolute Gasteiger partial charge is 0.340 e. The van der Waals surface area contributed by atoms with Crippen LogP contribution in [-0.4, -0.2) is 34.6 Å². The number of carbonyl (C=O) groups is 2.